The van der Waals surface area contributed by atoms with E-state index in [1.54, 1.807) is 0 Å². The Labute approximate surface area is 157 Å². The highest BCUT2D eigenvalue weighted by atomic mass is 16.4. The third-order valence-electron chi connectivity index (χ3n) is 4.59. The summed E-state index contributed by atoms with van der Waals surface area (Å²) in [5.74, 6) is -0.809. The molecular weight excluding hydrogens is 328 g/mol. The van der Waals surface area contributed by atoms with Crippen LogP contribution in [-0.4, -0.2) is 22.2 Å². The molecule has 0 aliphatic carbocycles. The van der Waals surface area contributed by atoms with Gasteiger partial charge in [0.05, 0.1) is 0 Å². The van der Waals surface area contributed by atoms with Crippen LogP contribution in [0.15, 0.2) is 18.2 Å². The van der Waals surface area contributed by atoms with Crippen molar-refractivity contribution in [1.29, 1.82) is 0 Å². The summed E-state index contributed by atoms with van der Waals surface area (Å²) in [6.45, 7) is 4.45. The van der Waals surface area contributed by atoms with Crippen LogP contribution in [0.4, 0.5) is 0 Å². The van der Waals surface area contributed by atoms with E-state index in [-0.39, 0.29) is 12.8 Å². The van der Waals surface area contributed by atoms with Crippen molar-refractivity contribution in [2.45, 2.75) is 84.5 Å². The number of carboxylic acid groups (broad SMARTS) is 2. The molecular formula is C22H34O4. The number of carbonyl (C=O) groups is 2. The minimum Gasteiger partial charge on any atom is -0.481 e. The number of aliphatic carboxylic acids is 2. The third kappa shape index (κ3) is 10.2. The van der Waals surface area contributed by atoms with E-state index in [4.69, 9.17) is 10.2 Å². The molecule has 4 nitrogen and oxygen atoms in total. The van der Waals surface area contributed by atoms with E-state index < -0.39 is 11.9 Å². The van der Waals surface area contributed by atoms with E-state index in [1.165, 1.54) is 16.7 Å². The van der Waals surface area contributed by atoms with Gasteiger partial charge >= 0.3 is 11.9 Å². The molecule has 0 amide bonds. The molecule has 0 radical (unpaired) electrons. The lowest BCUT2D eigenvalue weighted by atomic mass is 9.92. The Hall–Kier alpha value is -1.84. The van der Waals surface area contributed by atoms with Gasteiger partial charge in [-0.1, -0.05) is 44.9 Å². The van der Waals surface area contributed by atoms with Crippen molar-refractivity contribution in [1.82, 2.24) is 0 Å². The quantitative estimate of drug-likeness (QED) is 0.443. The molecule has 0 aliphatic rings. The highest BCUT2D eigenvalue weighted by Gasteiger charge is 2.07. The first-order valence-corrected chi connectivity index (χ1v) is 9.92. The molecule has 0 saturated carbocycles. The number of unbranched alkanes of at least 4 members (excludes halogenated alkanes) is 4. The van der Waals surface area contributed by atoms with Crippen LogP contribution in [0.1, 0.15) is 81.9 Å². The molecule has 26 heavy (non-hydrogen) atoms. The average molecular weight is 363 g/mol. The topological polar surface area (TPSA) is 74.6 Å². The second-order valence-electron chi connectivity index (χ2n) is 7.61. The molecule has 1 aromatic rings. The minimum absolute atomic E-state index is 0.254. The summed E-state index contributed by atoms with van der Waals surface area (Å²) in [7, 11) is 0. The third-order valence-corrected chi connectivity index (χ3v) is 4.59. The summed E-state index contributed by atoms with van der Waals surface area (Å²) in [6, 6.07) is 6.78. The SMILES string of the molecule is CC(C)Cc1ccc(CCCCCC(=O)O)c(CCCCCC(=O)O)c1. The summed E-state index contributed by atoms with van der Waals surface area (Å²) >= 11 is 0. The van der Waals surface area contributed by atoms with Gasteiger partial charge in [-0.25, -0.2) is 0 Å². The number of hydrogen-bond acceptors (Lipinski definition) is 2. The van der Waals surface area contributed by atoms with E-state index in [0.29, 0.717) is 5.92 Å². The maximum Gasteiger partial charge on any atom is 0.303 e. The Balaban J connectivity index is 2.58. The van der Waals surface area contributed by atoms with Gasteiger partial charge in [-0.2, -0.15) is 0 Å². The van der Waals surface area contributed by atoms with Gasteiger partial charge in [0.25, 0.3) is 0 Å². The highest BCUT2D eigenvalue weighted by molar-refractivity contribution is 5.66. The second kappa shape index (κ2) is 12.5. The van der Waals surface area contributed by atoms with Crippen LogP contribution in [0.2, 0.25) is 0 Å². The normalized spacial score (nSPS) is 11.0. The first-order chi connectivity index (χ1) is 12.4. The van der Waals surface area contributed by atoms with Crippen LogP contribution in [0.25, 0.3) is 0 Å². The lowest BCUT2D eigenvalue weighted by Gasteiger charge is -2.13. The van der Waals surface area contributed by atoms with Gasteiger partial charge in [0.2, 0.25) is 0 Å². The lowest BCUT2D eigenvalue weighted by molar-refractivity contribution is -0.138. The first kappa shape index (κ1) is 22.2. The Morgan fingerprint density at radius 3 is 1.85 bits per heavy atom. The standard InChI is InChI=1S/C22H34O4/c1-17(2)15-18-13-14-19(9-5-3-7-11-21(23)24)20(16-18)10-6-4-8-12-22(25)26/h13-14,16-17H,3-12,15H2,1-2H3,(H,23,24)(H,25,26). The van der Waals surface area contributed by atoms with Gasteiger partial charge in [0.1, 0.15) is 0 Å². The molecule has 0 unspecified atom stereocenters. The van der Waals surface area contributed by atoms with Crippen molar-refractivity contribution < 1.29 is 19.8 Å². The molecule has 146 valence electrons. The fourth-order valence-corrected chi connectivity index (χ4v) is 3.29. The molecule has 2 N–H and O–H groups in total. The minimum atomic E-state index is -0.718. The number of hydrogen-bond donors (Lipinski definition) is 2. The van der Waals surface area contributed by atoms with Crippen LogP contribution < -0.4 is 0 Å². The summed E-state index contributed by atoms with van der Waals surface area (Å²) in [5.41, 5.74) is 4.12. The van der Waals surface area contributed by atoms with Gasteiger partial charge in [-0.15, -0.1) is 0 Å². The maximum absolute atomic E-state index is 10.6. The van der Waals surface area contributed by atoms with Gasteiger partial charge in [-0.3, -0.25) is 9.59 Å². The average Bonchev–Trinajstić information content (AvgIpc) is 2.54. The summed E-state index contributed by atoms with van der Waals surface area (Å²) < 4.78 is 0. The Kier molecular flexibility index (Phi) is 10.7. The molecule has 0 aliphatic heterocycles. The zero-order chi connectivity index (χ0) is 19.4. The van der Waals surface area contributed by atoms with E-state index in [1.807, 2.05) is 0 Å². The molecule has 0 saturated heterocycles. The van der Waals surface area contributed by atoms with E-state index in [9.17, 15) is 9.59 Å². The zero-order valence-electron chi connectivity index (χ0n) is 16.3. The summed E-state index contributed by atoms with van der Waals surface area (Å²) in [6.07, 6.45) is 8.97. The molecule has 0 bridgehead atoms. The maximum atomic E-state index is 10.6. The van der Waals surface area contributed by atoms with E-state index in [2.05, 4.69) is 32.0 Å². The molecule has 0 aromatic heterocycles. The fraction of sp³-hybridized carbons (Fsp3) is 0.636. The monoisotopic (exact) mass is 362 g/mol. The van der Waals surface area contributed by atoms with Gasteiger partial charge in [0.15, 0.2) is 0 Å². The van der Waals surface area contributed by atoms with Crippen LogP contribution in [0, 0.1) is 5.92 Å². The van der Waals surface area contributed by atoms with Crippen molar-refractivity contribution in [2.24, 2.45) is 5.92 Å². The van der Waals surface area contributed by atoms with E-state index >= 15 is 0 Å². The van der Waals surface area contributed by atoms with E-state index in [0.717, 1.165) is 57.8 Å². The summed E-state index contributed by atoms with van der Waals surface area (Å²) in [5, 5.41) is 17.4. The largest absolute Gasteiger partial charge is 0.481 e. The highest BCUT2D eigenvalue weighted by Crippen LogP contribution is 2.20. The van der Waals surface area contributed by atoms with Crippen LogP contribution in [-0.2, 0) is 28.9 Å². The van der Waals surface area contributed by atoms with Gasteiger partial charge in [-0.05, 0) is 67.6 Å². The van der Waals surface area contributed by atoms with Crippen molar-refractivity contribution in [3.05, 3.63) is 34.9 Å². The van der Waals surface area contributed by atoms with Crippen LogP contribution >= 0.6 is 0 Å². The van der Waals surface area contributed by atoms with Crippen LogP contribution in [0.3, 0.4) is 0 Å². The van der Waals surface area contributed by atoms with Gasteiger partial charge < -0.3 is 10.2 Å². The molecule has 1 aromatic carbocycles. The Bertz CT molecular complexity index is 563. The Morgan fingerprint density at radius 1 is 0.808 bits per heavy atom. The molecule has 4 heteroatoms. The lowest BCUT2D eigenvalue weighted by Crippen LogP contribution is -2.01. The summed E-state index contributed by atoms with van der Waals surface area (Å²) in [4.78, 5) is 21.2. The fourth-order valence-electron chi connectivity index (χ4n) is 3.29. The number of carboxylic acids is 2. The number of aryl methyl sites for hydroxylation is 2. The molecule has 0 spiro atoms. The number of benzene rings is 1. The smallest absolute Gasteiger partial charge is 0.303 e. The second-order valence-corrected chi connectivity index (χ2v) is 7.61. The molecule has 0 fully saturated rings. The molecule has 0 atom stereocenters. The number of rotatable bonds is 14. The zero-order valence-corrected chi connectivity index (χ0v) is 16.3. The Morgan fingerprint density at radius 2 is 1.35 bits per heavy atom. The van der Waals surface area contributed by atoms with Crippen molar-refractivity contribution in [3.63, 3.8) is 0 Å². The molecule has 1 rings (SSSR count). The van der Waals surface area contributed by atoms with Crippen molar-refractivity contribution in [3.8, 4) is 0 Å². The van der Waals surface area contributed by atoms with Crippen molar-refractivity contribution in [2.75, 3.05) is 0 Å². The van der Waals surface area contributed by atoms with Gasteiger partial charge in [0, 0.05) is 12.8 Å². The predicted octanol–water partition coefficient (Wildman–Crippen LogP) is 5.26. The predicted molar refractivity (Wildman–Crippen MR) is 105 cm³/mol. The van der Waals surface area contributed by atoms with Crippen molar-refractivity contribution >= 4 is 11.9 Å². The van der Waals surface area contributed by atoms with Crippen LogP contribution in [0.5, 0.6) is 0 Å². The first-order valence-electron chi connectivity index (χ1n) is 9.92. The molecule has 0 heterocycles.